The third-order valence-electron chi connectivity index (χ3n) is 4.04. The Morgan fingerprint density at radius 2 is 1.62 bits per heavy atom. The Hall–Kier alpha value is -2.04. The predicted molar refractivity (Wildman–Crippen MR) is 102 cm³/mol. The summed E-state index contributed by atoms with van der Waals surface area (Å²) in [5, 5.41) is 3.57. The van der Waals surface area contributed by atoms with Crippen LogP contribution in [-0.4, -0.2) is 38.0 Å². The van der Waals surface area contributed by atoms with Gasteiger partial charge in [0.25, 0.3) is 0 Å². The Kier molecular flexibility index (Phi) is 6.23. The van der Waals surface area contributed by atoms with Crippen molar-refractivity contribution in [1.29, 1.82) is 0 Å². The number of nitrogens with one attached hydrogen (secondary N) is 1. The van der Waals surface area contributed by atoms with Crippen molar-refractivity contribution in [3.63, 3.8) is 0 Å². The number of amides is 1. The van der Waals surface area contributed by atoms with Crippen LogP contribution in [0.2, 0.25) is 5.02 Å². The van der Waals surface area contributed by atoms with E-state index in [9.17, 15) is 4.79 Å². The van der Waals surface area contributed by atoms with E-state index >= 15 is 0 Å². The molecule has 1 amide bonds. The monoisotopic (exact) mass is 345 g/mol. The van der Waals surface area contributed by atoms with Crippen molar-refractivity contribution in [3.05, 3.63) is 59.1 Å². The van der Waals surface area contributed by atoms with Crippen LogP contribution in [0.15, 0.2) is 48.5 Å². The molecule has 0 saturated carbocycles. The second-order valence-corrected chi connectivity index (χ2v) is 6.58. The molecule has 1 atom stereocenters. The number of rotatable bonds is 6. The van der Waals surface area contributed by atoms with E-state index in [0.29, 0.717) is 11.6 Å². The number of anilines is 2. The fourth-order valence-electron chi connectivity index (χ4n) is 2.30. The largest absolute Gasteiger partial charge is 0.378 e. The van der Waals surface area contributed by atoms with Gasteiger partial charge in [0.2, 0.25) is 5.91 Å². The van der Waals surface area contributed by atoms with Crippen LogP contribution in [0.1, 0.15) is 12.5 Å². The fraction of sp³-hybridized carbons (Fsp3) is 0.316. The highest BCUT2D eigenvalue weighted by atomic mass is 35.5. The van der Waals surface area contributed by atoms with Crippen LogP contribution in [0, 0.1) is 0 Å². The summed E-state index contributed by atoms with van der Waals surface area (Å²) in [6.45, 7) is 2.61. The van der Waals surface area contributed by atoms with Gasteiger partial charge in [-0.3, -0.25) is 9.69 Å². The fourth-order valence-corrected chi connectivity index (χ4v) is 2.43. The first kappa shape index (κ1) is 18.3. The minimum Gasteiger partial charge on any atom is -0.378 e. The molecule has 0 aliphatic rings. The lowest BCUT2D eigenvalue weighted by molar-refractivity contribution is -0.120. The lowest BCUT2D eigenvalue weighted by Gasteiger charge is -2.24. The van der Waals surface area contributed by atoms with Crippen LogP contribution in [0.3, 0.4) is 0 Å². The maximum atomic E-state index is 12.4. The molecule has 0 aliphatic heterocycles. The Morgan fingerprint density at radius 1 is 1.04 bits per heavy atom. The van der Waals surface area contributed by atoms with Gasteiger partial charge < -0.3 is 10.2 Å². The van der Waals surface area contributed by atoms with Crippen LogP contribution in [0.25, 0.3) is 0 Å². The number of benzene rings is 2. The Morgan fingerprint density at radius 3 is 2.17 bits per heavy atom. The number of hydrogen-bond acceptors (Lipinski definition) is 3. The predicted octanol–water partition coefficient (Wildman–Crippen LogP) is 3.87. The first-order chi connectivity index (χ1) is 11.4. The highest BCUT2D eigenvalue weighted by molar-refractivity contribution is 6.30. The minimum atomic E-state index is -0.241. The highest BCUT2D eigenvalue weighted by Gasteiger charge is 2.18. The van der Waals surface area contributed by atoms with E-state index < -0.39 is 0 Å². The molecule has 0 fully saturated rings. The zero-order valence-corrected chi connectivity index (χ0v) is 15.3. The van der Waals surface area contributed by atoms with Crippen LogP contribution >= 0.6 is 11.6 Å². The number of hydrogen-bond donors (Lipinski definition) is 1. The number of carbonyl (C=O) groups is 1. The van der Waals surface area contributed by atoms with Gasteiger partial charge in [-0.15, -0.1) is 0 Å². The van der Waals surface area contributed by atoms with Crippen LogP contribution in [0.5, 0.6) is 0 Å². The van der Waals surface area contributed by atoms with Crippen molar-refractivity contribution >= 4 is 28.9 Å². The average Bonchev–Trinajstić information content (AvgIpc) is 2.56. The van der Waals surface area contributed by atoms with Crippen LogP contribution < -0.4 is 10.2 Å². The summed E-state index contributed by atoms with van der Waals surface area (Å²) in [6, 6.07) is 15.2. The third kappa shape index (κ3) is 4.98. The first-order valence-corrected chi connectivity index (χ1v) is 8.27. The van der Waals surface area contributed by atoms with Crippen molar-refractivity contribution in [2.24, 2.45) is 0 Å². The van der Waals surface area contributed by atoms with E-state index in [0.717, 1.165) is 11.4 Å². The van der Waals surface area contributed by atoms with Crippen molar-refractivity contribution in [3.8, 4) is 0 Å². The molecule has 0 bridgehead atoms. The third-order valence-corrected chi connectivity index (χ3v) is 4.29. The van der Waals surface area contributed by atoms with Crippen molar-refractivity contribution < 1.29 is 4.79 Å². The average molecular weight is 346 g/mol. The van der Waals surface area contributed by atoms with Gasteiger partial charge >= 0.3 is 0 Å². The van der Waals surface area contributed by atoms with Gasteiger partial charge in [0.15, 0.2) is 0 Å². The first-order valence-electron chi connectivity index (χ1n) is 7.90. The van der Waals surface area contributed by atoms with E-state index in [1.54, 1.807) is 24.3 Å². The summed E-state index contributed by atoms with van der Waals surface area (Å²) in [5.41, 5.74) is 3.09. The van der Waals surface area contributed by atoms with Crippen molar-refractivity contribution in [2.45, 2.75) is 19.5 Å². The van der Waals surface area contributed by atoms with E-state index in [-0.39, 0.29) is 11.9 Å². The van der Waals surface area contributed by atoms with Crippen molar-refractivity contribution in [1.82, 2.24) is 4.90 Å². The topological polar surface area (TPSA) is 35.6 Å². The molecule has 0 radical (unpaired) electrons. The minimum absolute atomic E-state index is 0.0373. The molecule has 2 aromatic rings. The molecular formula is C19H24ClN3O. The molecule has 2 rings (SSSR count). The van der Waals surface area contributed by atoms with Gasteiger partial charge in [-0.2, -0.15) is 0 Å². The van der Waals surface area contributed by atoms with E-state index in [1.807, 2.05) is 33.0 Å². The second kappa shape index (κ2) is 8.18. The number of nitrogens with zero attached hydrogens (tertiary/aromatic N) is 2. The Balaban J connectivity index is 1.94. The zero-order chi connectivity index (χ0) is 17.7. The van der Waals surface area contributed by atoms with Gasteiger partial charge in [0.1, 0.15) is 0 Å². The van der Waals surface area contributed by atoms with E-state index in [1.165, 1.54) is 5.56 Å². The lowest BCUT2D eigenvalue weighted by Crippen LogP contribution is -2.39. The van der Waals surface area contributed by atoms with Gasteiger partial charge in [-0.25, -0.2) is 0 Å². The Bertz CT molecular complexity index is 668. The maximum Gasteiger partial charge on any atom is 0.241 e. The molecule has 0 aliphatic carbocycles. The molecule has 0 saturated heterocycles. The lowest BCUT2D eigenvalue weighted by atomic mass is 10.1. The summed E-state index contributed by atoms with van der Waals surface area (Å²) in [6.07, 6.45) is 0. The molecule has 24 heavy (non-hydrogen) atoms. The van der Waals surface area contributed by atoms with Gasteiger partial charge in [0, 0.05) is 37.0 Å². The summed E-state index contributed by atoms with van der Waals surface area (Å²) >= 11 is 5.86. The van der Waals surface area contributed by atoms with Gasteiger partial charge in [-0.05, 0) is 55.9 Å². The standard InChI is InChI=1S/C19H24ClN3O/c1-14(19(24)21-17-9-7-16(20)8-10-17)23(4)13-15-5-11-18(12-6-15)22(2)3/h5-12,14H,13H2,1-4H3,(H,21,24)/t14-/m0/s1. The van der Waals surface area contributed by atoms with Crippen LogP contribution in [0.4, 0.5) is 11.4 Å². The Labute approximate surface area is 149 Å². The normalized spacial score (nSPS) is 12.1. The number of halogens is 1. The summed E-state index contributed by atoms with van der Waals surface area (Å²) < 4.78 is 0. The van der Waals surface area contributed by atoms with Crippen molar-refractivity contribution in [2.75, 3.05) is 31.4 Å². The van der Waals surface area contributed by atoms with Crippen LogP contribution in [-0.2, 0) is 11.3 Å². The maximum absolute atomic E-state index is 12.4. The quantitative estimate of drug-likeness (QED) is 0.863. The number of likely N-dealkylation sites (N-methyl/N-ethyl adjacent to an activating group) is 1. The van der Waals surface area contributed by atoms with E-state index in [4.69, 9.17) is 11.6 Å². The zero-order valence-electron chi connectivity index (χ0n) is 14.6. The molecule has 4 nitrogen and oxygen atoms in total. The molecule has 2 aromatic carbocycles. The molecule has 0 heterocycles. The summed E-state index contributed by atoms with van der Waals surface area (Å²) in [5.74, 6) is -0.0373. The molecule has 1 N–H and O–H groups in total. The summed E-state index contributed by atoms with van der Waals surface area (Å²) in [7, 11) is 5.99. The second-order valence-electron chi connectivity index (χ2n) is 6.15. The van der Waals surface area contributed by atoms with Gasteiger partial charge in [-0.1, -0.05) is 23.7 Å². The molecule has 0 spiro atoms. The SMILES string of the molecule is C[C@@H](C(=O)Nc1ccc(Cl)cc1)N(C)Cc1ccc(N(C)C)cc1. The highest BCUT2D eigenvalue weighted by Crippen LogP contribution is 2.16. The molecule has 0 aromatic heterocycles. The molecular weight excluding hydrogens is 322 g/mol. The molecule has 5 heteroatoms. The number of carbonyl (C=O) groups excluding carboxylic acids is 1. The smallest absolute Gasteiger partial charge is 0.241 e. The van der Waals surface area contributed by atoms with E-state index in [2.05, 4.69) is 34.5 Å². The molecule has 0 unspecified atom stereocenters. The summed E-state index contributed by atoms with van der Waals surface area (Å²) in [4.78, 5) is 16.5. The molecule has 128 valence electrons. The van der Waals surface area contributed by atoms with Gasteiger partial charge in [0.05, 0.1) is 6.04 Å².